The van der Waals surface area contributed by atoms with Crippen LogP contribution in [0.15, 0.2) is 17.1 Å². The van der Waals surface area contributed by atoms with Crippen molar-refractivity contribution in [3.8, 4) is 0 Å². The molecule has 0 aromatic carbocycles. The Morgan fingerprint density at radius 2 is 2.36 bits per heavy atom. The van der Waals surface area contributed by atoms with Gasteiger partial charge in [-0.3, -0.25) is 15.1 Å². The van der Waals surface area contributed by atoms with Crippen LogP contribution in [0.2, 0.25) is 0 Å². The number of allylic oxidation sites excluding steroid dienone is 1. The minimum atomic E-state index is -0.733. The highest BCUT2D eigenvalue weighted by Gasteiger charge is 2.50. The first kappa shape index (κ1) is 17.1. The van der Waals surface area contributed by atoms with Crippen molar-refractivity contribution in [2.24, 2.45) is 10.9 Å². The molecule has 0 aliphatic carbocycles. The molecule has 4 atom stereocenters. The van der Waals surface area contributed by atoms with E-state index in [1.165, 1.54) is 0 Å². The Bertz CT molecular complexity index is 418. The van der Waals surface area contributed by atoms with Gasteiger partial charge in [-0.1, -0.05) is 20.3 Å². The number of hydrogen-bond donors (Lipinski definition) is 1. The fourth-order valence-electron chi connectivity index (χ4n) is 3.70. The lowest BCUT2D eigenvalue weighted by molar-refractivity contribution is -0.536. The van der Waals surface area contributed by atoms with Crippen LogP contribution in [0.1, 0.15) is 39.5 Å². The molecule has 22 heavy (non-hydrogen) atoms. The molecule has 0 saturated carbocycles. The Balaban J connectivity index is 2.23. The fourth-order valence-corrected chi connectivity index (χ4v) is 3.70. The van der Waals surface area contributed by atoms with Crippen LogP contribution in [0.4, 0.5) is 0 Å². The molecule has 1 fully saturated rings. The predicted molar refractivity (Wildman–Crippen MR) is 87.1 cm³/mol. The van der Waals surface area contributed by atoms with E-state index in [1.54, 1.807) is 6.21 Å². The van der Waals surface area contributed by atoms with Crippen molar-refractivity contribution < 1.29 is 9.66 Å². The Morgan fingerprint density at radius 1 is 1.55 bits per heavy atom. The first-order valence-electron chi connectivity index (χ1n) is 8.30. The quantitative estimate of drug-likeness (QED) is 0.523. The van der Waals surface area contributed by atoms with E-state index >= 15 is 0 Å². The summed E-state index contributed by atoms with van der Waals surface area (Å²) in [6.07, 6.45) is 8.80. The zero-order valence-electron chi connectivity index (χ0n) is 13.5. The molecule has 0 aromatic rings. The number of nitro groups is 1. The van der Waals surface area contributed by atoms with Crippen LogP contribution in [0.5, 0.6) is 0 Å². The van der Waals surface area contributed by atoms with E-state index in [0.717, 1.165) is 32.4 Å². The summed E-state index contributed by atoms with van der Waals surface area (Å²) in [6, 6.07) is -0.916. The molecule has 1 saturated heterocycles. The van der Waals surface area contributed by atoms with Crippen LogP contribution in [0.25, 0.3) is 0 Å². The van der Waals surface area contributed by atoms with Gasteiger partial charge >= 0.3 is 0 Å². The number of likely N-dealkylation sites (N-methyl/N-ethyl adjacent to an activating group) is 1. The molecule has 0 spiro atoms. The van der Waals surface area contributed by atoms with Crippen molar-refractivity contribution in [2.45, 2.75) is 57.2 Å². The summed E-state index contributed by atoms with van der Waals surface area (Å²) in [5.41, 5.74) is -0.704. The summed E-state index contributed by atoms with van der Waals surface area (Å²) < 4.78 is 5.43. The van der Waals surface area contributed by atoms with Gasteiger partial charge in [-0.05, 0) is 43.9 Å². The van der Waals surface area contributed by atoms with Gasteiger partial charge in [-0.25, -0.2) is 0 Å². The molecule has 0 radical (unpaired) electrons. The molecule has 0 bridgehead atoms. The summed E-state index contributed by atoms with van der Waals surface area (Å²) in [5, 5.41) is 15.2. The first-order chi connectivity index (χ1) is 10.6. The van der Waals surface area contributed by atoms with Gasteiger partial charge in [-0.2, -0.15) is 0 Å². The highest BCUT2D eigenvalue weighted by molar-refractivity contribution is 5.75. The molecule has 6 heteroatoms. The van der Waals surface area contributed by atoms with Crippen molar-refractivity contribution in [3.05, 3.63) is 22.3 Å². The normalized spacial score (nSPS) is 29.8. The zero-order valence-corrected chi connectivity index (χ0v) is 13.5. The maximum Gasteiger partial charge on any atom is 0.256 e. The van der Waals surface area contributed by atoms with E-state index < -0.39 is 11.6 Å². The lowest BCUT2D eigenvalue weighted by Crippen LogP contribution is -2.56. The molecule has 6 nitrogen and oxygen atoms in total. The standard InChI is InChI=1S/C16H27N3O3/c1-3-7-16(8-5-9-18-16)15(19(20)21)14(17-4-2)11-13-6-10-22-12-13/h5,8-9,13-15,17H,3-4,6-7,10-12H2,1-2H3. The summed E-state index contributed by atoms with van der Waals surface area (Å²) in [7, 11) is 0. The Labute approximate surface area is 132 Å². The third-order valence-electron chi connectivity index (χ3n) is 4.63. The van der Waals surface area contributed by atoms with E-state index in [2.05, 4.69) is 10.3 Å². The van der Waals surface area contributed by atoms with E-state index in [1.807, 2.05) is 26.0 Å². The summed E-state index contributed by atoms with van der Waals surface area (Å²) >= 11 is 0. The molecule has 124 valence electrons. The number of aliphatic imine (C=N–C) groups is 1. The van der Waals surface area contributed by atoms with Crippen molar-refractivity contribution in [1.82, 2.24) is 5.32 Å². The number of nitrogens with one attached hydrogen (secondary N) is 1. The van der Waals surface area contributed by atoms with Crippen molar-refractivity contribution in [3.63, 3.8) is 0 Å². The lowest BCUT2D eigenvalue weighted by atomic mass is 9.79. The highest BCUT2D eigenvalue weighted by atomic mass is 16.6. The van der Waals surface area contributed by atoms with Gasteiger partial charge in [0, 0.05) is 24.4 Å². The minimum absolute atomic E-state index is 0.133. The molecule has 0 aromatic heterocycles. The molecule has 2 aliphatic rings. The Morgan fingerprint density at radius 3 is 2.86 bits per heavy atom. The smallest absolute Gasteiger partial charge is 0.256 e. The van der Waals surface area contributed by atoms with Gasteiger partial charge in [0.15, 0.2) is 0 Å². The number of ether oxygens (including phenoxy) is 1. The maximum atomic E-state index is 11.9. The van der Waals surface area contributed by atoms with Crippen LogP contribution in [-0.2, 0) is 4.74 Å². The van der Waals surface area contributed by atoms with Crippen molar-refractivity contribution in [1.29, 1.82) is 0 Å². The van der Waals surface area contributed by atoms with Crippen LogP contribution < -0.4 is 5.32 Å². The zero-order chi connectivity index (χ0) is 16.0. The Kier molecular flexibility index (Phi) is 6.08. The van der Waals surface area contributed by atoms with Gasteiger partial charge in [0.05, 0.1) is 6.04 Å². The largest absolute Gasteiger partial charge is 0.381 e. The fraction of sp³-hybridized carbons (Fsp3) is 0.812. The SMILES string of the molecule is CCCC1(C(C(CC2CCOC2)NCC)[N+](=O)[O-])C=CC=N1. The highest BCUT2D eigenvalue weighted by Crippen LogP contribution is 2.33. The van der Waals surface area contributed by atoms with Crippen LogP contribution in [-0.4, -0.2) is 48.5 Å². The monoisotopic (exact) mass is 309 g/mol. The molecule has 1 N–H and O–H groups in total. The maximum absolute atomic E-state index is 11.9. The van der Waals surface area contributed by atoms with Gasteiger partial charge in [0.1, 0.15) is 5.54 Å². The van der Waals surface area contributed by atoms with Gasteiger partial charge in [-0.15, -0.1) is 0 Å². The first-order valence-corrected chi connectivity index (χ1v) is 8.30. The van der Waals surface area contributed by atoms with Crippen LogP contribution in [0, 0.1) is 16.0 Å². The third-order valence-corrected chi connectivity index (χ3v) is 4.63. The van der Waals surface area contributed by atoms with Gasteiger partial charge in [0.25, 0.3) is 6.04 Å². The number of hydrogen-bond acceptors (Lipinski definition) is 5. The molecule has 0 amide bonds. The average molecular weight is 309 g/mol. The number of nitrogens with zero attached hydrogens (tertiary/aromatic N) is 2. The molecule has 2 rings (SSSR count). The lowest BCUT2D eigenvalue weighted by Gasteiger charge is -2.33. The minimum Gasteiger partial charge on any atom is -0.381 e. The average Bonchev–Trinajstić information content (AvgIpc) is 3.12. The second-order valence-electron chi connectivity index (χ2n) is 6.24. The van der Waals surface area contributed by atoms with Crippen LogP contribution in [0.3, 0.4) is 0 Å². The van der Waals surface area contributed by atoms with Crippen molar-refractivity contribution in [2.75, 3.05) is 19.8 Å². The van der Waals surface area contributed by atoms with Gasteiger partial charge in [0.2, 0.25) is 0 Å². The summed E-state index contributed by atoms with van der Waals surface area (Å²) in [5.74, 6) is 0.402. The molecule has 2 heterocycles. The summed E-state index contributed by atoms with van der Waals surface area (Å²) in [4.78, 5) is 16.3. The topological polar surface area (TPSA) is 76.8 Å². The van der Waals surface area contributed by atoms with Crippen LogP contribution >= 0.6 is 0 Å². The van der Waals surface area contributed by atoms with Gasteiger partial charge < -0.3 is 10.1 Å². The van der Waals surface area contributed by atoms with E-state index in [0.29, 0.717) is 18.9 Å². The van der Waals surface area contributed by atoms with E-state index in [4.69, 9.17) is 4.74 Å². The molecular formula is C16H27N3O3. The second kappa shape index (κ2) is 7.83. The van der Waals surface area contributed by atoms with E-state index in [-0.39, 0.29) is 11.0 Å². The Hall–Kier alpha value is -1.27. The summed E-state index contributed by atoms with van der Waals surface area (Å²) in [6.45, 7) is 6.25. The molecule has 2 aliphatic heterocycles. The molecular weight excluding hydrogens is 282 g/mol. The predicted octanol–water partition coefficient (Wildman–Crippen LogP) is 2.22. The van der Waals surface area contributed by atoms with E-state index in [9.17, 15) is 10.1 Å². The van der Waals surface area contributed by atoms with Crippen molar-refractivity contribution >= 4 is 6.21 Å². The second-order valence-corrected chi connectivity index (χ2v) is 6.24. The third kappa shape index (κ3) is 3.73. The molecule has 4 unspecified atom stereocenters. The number of rotatable bonds is 9.